The second-order valence-electron chi connectivity index (χ2n) is 2.55. The lowest BCUT2D eigenvalue weighted by atomic mass is 10.1. The molecule has 0 saturated carbocycles. The van der Waals surface area contributed by atoms with Gasteiger partial charge < -0.3 is 0 Å². The maximum absolute atomic E-state index is 10.5. The van der Waals surface area contributed by atoms with Crippen LogP contribution in [0.1, 0.15) is 19.8 Å². The summed E-state index contributed by atoms with van der Waals surface area (Å²) in [6, 6.07) is 0. The smallest absolute Gasteiger partial charge is 0.239 e. The van der Waals surface area contributed by atoms with Crippen LogP contribution in [0.3, 0.4) is 0 Å². The van der Waals surface area contributed by atoms with Crippen LogP contribution >= 0.6 is 34.8 Å². The summed E-state index contributed by atoms with van der Waals surface area (Å²) in [6.07, 6.45) is 0.860. The van der Waals surface area contributed by atoms with Crippen LogP contribution in [-0.4, -0.2) is 15.9 Å². The van der Waals surface area contributed by atoms with Crippen molar-refractivity contribution in [3.63, 3.8) is 0 Å². The summed E-state index contributed by atoms with van der Waals surface area (Å²) in [5.41, 5.74) is 0. The van der Waals surface area contributed by atoms with Gasteiger partial charge in [-0.3, -0.25) is 9.59 Å². The summed E-state index contributed by atoms with van der Waals surface area (Å²) in [7, 11) is 0. The summed E-state index contributed by atoms with van der Waals surface area (Å²) < 4.78 is 0. The van der Waals surface area contributed by atoms with Crippen LogP contribution in [0.4, 0.5) is 0 Å². The second kappa shape index (κ2) is 5.79. The SMILES string of the molecule is CC(CCC(Cl)C(=O)Cl)C(=O)Cl. The summed E-state index contributed by atoms with van der Waals surface area (Å²) in [5, 5.41) is -1.73. The van der Waals surface area contributed by atoms with Crippen LogP contribution in [0.25, 0.3) is 0 Å². The lowest BCUT2D eigenvalue weighted by molar-refractivity contribution is -0.115. The van der Waals surface area contributed by atoms with E-state index in [0.29, 0.717) is 12.8 Å². The van der Waals surface area contributed by atoms with Crippen LogP contribution in [0.15, 0.2) is 0 Å². The van der Waals surface area contributed by atoms with Crippen LogP contribution in [0.2, 0.25) is 0 Å². The minimum Gasteiger partial charge on any atom is -0.281 e. The number of alkyl halides is 1. The highest BCUT2D eigenvalue weighted by molar-refractivity contribution is 6.69. The van der Waals surface area contributed by atoms with E-state index in [9.17, 15) is 9.59 Å². The van der Waals surface area contributed by atoms with Crippen molar-refractivity contribution in [3.05, 3.63) is 0 Å². The molecule has 2 unspecified atom stereocenters. The molecule has 0 aromatic carbocycles. The van der Waals surface area contributed by atoms with E-state index in [1.165, 1.54) is 0 Å². The summed E-state index contributed by atoms with van der Waals surface area (Å²) in [4.78, 5) is 21.0. The van der Waals surface area contributed by atoms with E-state index in [0.717, 1.165) is 0 Å². The van der Waals surface area contributed by atoms with Crippen LogP contribution < -0.4 is 0 Å². The molecule has 0 rings (SSSR count). The molecule has 0 spiro atoms. The average molecular weight is 232 g/mol. The Kier molecular flexibility index (Phi) is 5.89. The highest BCUT2D eigenvalue weighted by atomic mass is 35.5. The van der Waals surface area contributed by atoms with Gasteiger partial charge in [-0.05, 0) is 36.0 Å². The van der Waals surface area contributed by atoms with Crippen molar-refractivity contribution in [2.24, 2.45) is 5.92 Å². The predicted molar refractivity (Wildman–Crippen MR) is 49.8 cm³/mol. The highest BCUT2D eigenvalue weighted by Gasteiger charge is 2.16. The number of hydrogen-bond donors (Lipinski definition) is 0. The number of hydrogen-bond acceptors (Lipinski definition) is 2. The van der Waals surface area contributed by atoms with Crippen molar-refractivity contribution in [2.45, 2.75) is 25.1 Å². The molecular weight excluding hydrogens is 222 g/mol. The highest BCUT2D eigenvalue weighted by Crippen LogP contribution is 2.15. The van der Waals surface area contributed by atoms with Gasteiger partial charge in [0.1, 0.15) is 5.38 Å². The fourth-order valence-corrected chi connectivity index (χ4v) is 0.967. The van der Waals surface area contributed by atoms with E-state index in [2.05, 4.69) is 0 Å². The number of carbonyl (C=O) groups excluding carboxylic acids is 2. The van der Waals surface area contributed by atoms with Gasteiger partial charge in [0.25, 0.3) is 0 Å². The van der Waals surface area contributed by atoms with E-state index in [1.54, 1.807) is 6.92 Å². The number of carbonyl (C=O) groups is 2. The first-order valence-corrected chi connectivity index (χ1v) is 4.67. The first-order valence-electron chi connectivity index (χ1n) is 3.48. The fourth-order valence-electron chi connectivity index (χ4n) is 0.623. The molecular formula is C7H9Cl3O2. The minimum absolute atomic E-state index is 0.274. The fraction of sp³-hybridized carbons (Fsp3) is 0.714. The molecule has 0 aliphatic rings. The molecule has 0 radical (unpaired) electrons. The maximum Gasteiger partial charge on any atom is 0.239 e. The second-order valence-corrected chi connectivity index (χ2v) is 3.83. The third-order valence-electron chi connectivity index (χ3n) is 1.49. The van der Waals surface area contributed by atoms with Gasteiger partial charge in [0, 0.05) is 5.92 Å². The molecule has 70 valence electrons. The lowest BCUT2D eigenvalue weighted by Gasteiger charge is -2.06. The summed E-state index contributed by atoms with van der Waals surface area (Å²) >= 11 is 15.8. The molecule has 12 heavy (non-hydrogen) atoms. The summed E-state index contributed by atoms with van der Waals surface area (Å²) in [5.74, 6) is -0.274. The molecule has 0 bridgehead atoms. The van der Waals surface area contributed by atoms with Crippen molar-refractivity contribution < 1.29 is 9.59 Å². The van der Waals surface area contributed by atoms with Gasteiger partial charge in [0.15, 0.2) is 0 Å². The molecule has 2 nitrogen and oxygen atoms in total. The molecule has 2 atom stereocenters. The Hall–Kier alpha value is 0.210. The quantitative estimate of drug-likeness (QED) is 0.538. The third-order valence-corrected chi connectivity index (χ3v) is 2.65. The number of halogens is 3. The topological polar surface area (TPSA) is 34.1 Å². The van der Waals surface area contributed by atoms with Crippen molar-refractivity contribution in [3.8, 4) is 0 Å². The molecule has 0 aromatic heterocycles. The Bertz CT molecular complexity index is 161. The Balaban J connectivity index is 3.68. The number of rotatable bonds is 5. The molecule has 0 aliphatic heterocycles. The van der Waals surface area contributed by atoms with E-state index >= 15 is 0 Å². The molecule has 5 heteroatoms. The first kappa shape index (κ1) is 12.2. The Labute approximate surface area is 86.2 Å². The normalized spacial score (nSPS) is 15.3. The van der Waals surface area contributed by atoms with Gasteiger partial charge in [-0.2, -0.15) is 0 Å². The molecule has 0 heterocycles. The Morgan fingerprint density at radius 2 is 1.67 bits per heavy atom. The van der Waals surface area contributed by atoms with E-state index in [-0.39, 0.29) is 5.92 Å². The molecule has 0 saturated heterocycles. The predicted octanol–water partition coefficient (Wildman–Crippen LogP) is 2.54. The Morgan fingerprint density at radius 1 is 1.17 bits per heavy atom. The molecule has 0 aromatic rings. The van der Waals surface area contributed by atoms with Gasteiger partial charge in [-0.1, -0.05) is 6.92 Å². The standard InChI is InChI=1S/C7H9Cl3O2/c1-4(6(9)11)2-3-5(8)7(10)12/h4-5H,2-3H2,1H3. The van der Waals surface area contributed by atoms with Gasteiger partial charge in [-0.15, -0.1) is 11.6 Å². The molecule has 0 N–H and O–H groups in total. The zero-order valence-corrected chi connectivity index (χ0v) is 8.79. The summed E-state index contributed by atoms with van der Waals surface area (Å²) in [6.45, 7) is 1.68. The van der Waals surface area contributed by atoms with E-state index in [4.69, 9.17) is 34.8 Å². The van der Waals surface area contributed by atoms with Gasteiger partial charge >= 0.3 is 0 Å². The molecule has 0 aliphatic carbocycles. The van der Waals surface area contributed by atoms with Gasteiger partial charge in [0.2, 0.25) is 10.5 Å². The van der Waals surface area contributed by atoms with Crippen LogP contribution in [0.5, 0.6) is 0 Å². The largest absolute Gasteiger partial charge is 0.281 e. The first-order chi connectivity index (χ1) is 5.45. The van der Waals surface area contributed by atoms with Gasteiger partial charge in [0.05, 0.1) is 0 Å². The third kappa shape index (κ3) is 4.96. The van der Waals surface area contributed by atoms with Crippen molar-refractivity contribution >= 4 is 45.3 Å². The van der Waals surface area contributed by atoms with Crippen molar-refractivity contribution in [1.29, 1.82) is 0 Å². The zero-order valence-electron chi connectivity index (χ0n) is 6.52. The molecule has 0 fully saturated rings. The van der Waals surface area contributed by atoms with Gasteiger partial charge in [-0.25, -0.2) is 0 Å². The lowest BCUT2D eigenvalue weighted by Crippen LogP contribution is -2.12. The zero-order chi connectivity index (χ0) is 9.72. The monoisotopic (exact) mass is 230 g/mol. The Morgan fingerprint density at radius 3 is 2.00 bits per heavy atom. The van der Waals surface area contributed by atoms with Crippen LogP contribution in [0, 0.1) is 5.92 Å². The maximum atomic E-state index is 10.5. The molecule has 0 amide bonds. The van der Waals surface area contributed by atoms with E-state index < -0.39 is 15.9 Å². The van der Waals surface area contributed by atoms with Crippen LogP contribution in [-0.2, 0) is 9.59 Å². The van der Waals surface area contributed by atoms with E-state index in [1.807, 2.05) is 0 Å². The van der Waals surface area contributed by atoms with Crippen molar-refractivity contribution in [2.75, 3.05) is 0 Å². The van der Waals surface area contributed by atoms with Crippen molar-refractivity contribution in [1.82, 2.24) is 0 Å². The minimum atomic E-state index is -0.717. The average Bonchev–Trinajstić information content (AvgIpc) is 1.98.